The van der Waals surface area contributed by atoms with Crippen molar-refractivity contribution in [1.29, 1.82) is 0 Å². The number of nitrogens with one attached hydrogen (secondary N) is 2. The van der Waals surface area contributed by atoms with E-state index in [1.165, 1.54) is 0 Å². The topological polar surface area (TPSA) is 104 Å². The van der Waals surface area contributed by atoms with Crippen molar-refractivity contribution >= 4 is 34.7 Å². The molecule has 1 aliphatic rings. The summed E-state index contributed by atoms with van der Waals surface area (Å²) in [6.07, 6.45) is 2.15. The molecule has 0 bridgehead atoms. The number of likely N-dealkylation sites (tertiary alicyclic amines) is 1. The third-order valence-electron chi connectivity index (χ3n) is 4.81. The van der Waals surface area contributed by atoms with Crippen molar-refractivity contribution in [2.24, 2.45) is 5.92 Å². The quantitative estimate of drug-likeness (QED) is 0.754. The maximum atomic E-state index is 12.7. The zero-order valence-corrected chi connectivity index (χ0v) is 17.4. The van der Waals surface area contributed by atoms with Crippen molar-refractivity contribution in [2.75, 3.05) is 25.0 Å². The zero-order valence-electron chi connectivity index (χ0n) is 16.6. The van der Waals surface area contributed by atoms with Crippen LogP contribution in [0.5, 0.6) is 0 Å². The number of nitrogens with zero attached hydrogens (tertiary/aromatic N) is 3. The number of anilines is 1. The first kappa shape index (κ1) is 20.9. The van der Waals surface area contributed by atoms with Crippen LogP contribution in [0.2, 0.25) is 0 Å². The second-order valence-corrected chi connectivity index (χ2v) is 8.07. The fraction of sp³-hybridized carbons (Fsp3) is 0.450. The number of amides is 3. The molecule has 1 aromatic carbocycles. The number of aromatic nitrogens is 2. The summed E-state index contributed by atoms with van der Waals surface area (Å²) in [5.41, 5.74) is 1.76. The second kappa shape index (κ2) is 9.60. The van der Waals surface area contributed by atoms with Gasteiger partial charge in [-0.1, -0.05) is 36.0 Å². The van der Waals surface area contributed by atoms with Gasteiger partial charge in [0, 0.05) is 31.2 Å². The normalized spacial score (nSPS) is 14.5. The maximum Gasteiger partial charge on any atom is 0.286 e. The van der Waals surface area contributed by atoms with E-state index in [9.17, 15) is 14.4 Å². The van der Waals surface area contributed by atoms with Crippen molar-refractivity contribution in [2.45, 2.75) is 33.1 Å². The molecule has 1 aromatic heterocycles. The summed E-state index contributed by atoms with van der Waals surface area (Å²) >= 11 is 0.979. The minimum Gasteiger partial charge on any atom is -0.356 e. The number of carbonyl (C=O) groups excluding carboxylic acids is 3. The largest absolute Gasteiger partial charge is 0.356 e. The van der Waals surface area contributed by atoms with Crippen LogP contribution in [-0.4, -0.2) is 52.5 Å². The van der Waals surface area contributed by atoms with Gasteiger partial charge in [0.05, 0.1) is 0 Å². The standard InChI is InChI=1S/C20H25N5O3S/c1-3-10-21-16(26)14-8-11-25(12-9-14)20(28)19-24-23-18(29-19)17(27)22-15-6-4-13(2)5-7-15/h4-7,14H,3,8-12H2,1-2H3,(H,21,26)(H,22,27). The first-order chi connectivity index (χ1) is 14.0. The van der Waals surface area contributed by atoms with Gasteiger partial charge in [0.25, 0.3) is 11.8 Å². The smallest absolute Gasteiger partial charge is 0.286 e. The number of aryl methyl sites for hydroxylation is 1. The molecule has 0 aliphatic carbocycles. The van der Waals surface area contributed by atoms with E-state index in [0.29, 0.717) is 38.2 Å². The zero-order chi connectivity index (χ0) is 20.8. The Balaban J connectivity index is 1.55. The van der Waals surface area contributed by atoms with Gasteiger partial charge in [-0.15, -0.1) is 10.2 Å². The van der Waals surface area contributed by atoms with Gasteiger partial charge in [-0.05, 0) is 38.3 Å². The fourth-order valence-electron chi connectivity index (χ4n) is 3.10. The predicted molar refractivity (Wildman–Crippen MR) is 111 cm³/mol. The highest BCUT2D eigenvalue weighted by Crippen LogP contribution is 2.21. The Kier molecular flexibility index (Phi) is 6.92. The summed E-state index contributed by atoms with van der Waals surface area (Å²) in [6, 6.07) is 7.41. The number of hydrogen-bond donors (Lipinski definition) is 2. The molecule has 2 aromatic rings. The van der Waals surface area contributed by atoms with Crippen molar-refractivity contribution in [3.05, 3.63) is 39.8 Å². The lowest BCUT2D eigenvalue weighted by Crippen LogP contribution is -2.43. The van der Waals surface area contributed by atoms with E-state index < -0.39 is 5.91 Å². The Morgan fingerprint density at radius 1 is 1.10 bits per heavy atom. The van der Waals surface area contributed by atoms with E-state index in [1.54, 1.807) is 17.0 Å². The average molecular weight is 416 g/mol. The van der Waals surface area contributed by atoms with Crippen molar-refractivity contribution < 1.29 is 14.4 Å². The molecule has 154 valence electrons. The van der Waals surface area contributed by atoms with Crippen LogP contribution in [0.15, 0.2) is 24.3 Å². The van der Waals surface area contributed by atoms with Crippen molar-refractivity contribution in [3.8, 4) is 0 Å². The molecule has 0 radical (unpaired) electrons. The van der Waals surface area contributed by atoms with Crippen molar-refractivity contribution in [1.82, 2.24) is 20.4 Å². The van der Waals surface area contributed by atoms with E-state index in [2.05, 4.69) is 20.8 Å². The van der Waals surface area contributed by atoms with Gasteiger partial charge in [0.15, 0.2) is 0 Å². The molecule has 1 fully saturated rings. The number of carbonyl (C=O) groups is 3. The molecule has 1 saturated heterocycles. The molecular weight excluding hydrogens is 390 g/mol. The van der Waals surface area contributed by atoms with Gasteiger partial charge < -0.3 is 15.5 Å². The van der Waals surface area contributed by atoms with Crippen LogP contribution in [0.4, 0.5) is 5.69 Å². The Labute approximate surface area is 173 Å². The number of benzene rings is 1. The molecule has 0 saturated carbocycles. The van der Waals surface area contributed by atoms with Gasteiger partial charge >= 0.3 is 0 Å². The number of rotatable bonds is 6. The van der Waals surface area contributed by atoms with Crippen LogP contribution in [0.3, 0.4) is 0 Å². The van der Waals surface area contributed by atoms with Gasteiger partial charge in [-0.2, -0.15) is 0 Å². The lowest BCUT2D eigenvalue weighted by Gasteiger charge is -2.30. The van der Waals surface area contributed by atoms with Crippen LogP contribution < -0.4 is 10.6 Å². The molecule has 9 heteroatoms. The molecule has 2 heterocycles. The van der Waals surface area contributed by atoms with E-state index in [4.69, 9.17) is 0 Å². The molecule has 2 N–H and O–H groups in total. The highest BCUT2D eigenvalue weighted by molar-refractivity contribution is 7.15. The number of hydrogen-bond acceptors (Lipinski definition) is 6. The molecular formula is C20H25N5O3S. The minimum atomic E-state index is -0.392. The Bertz CT molecular complexity index is 872. The molecule has 29 heavy (non-hydrogen) atoms. The third-order valence-corrected chi connectivity index (χ3v) is 5.72. The molecule has 0 spiro atoms. The fourth-order valence-corrected chi connectivity index (χ4v) is 3.80. The molecule has 0 atom stereocenters. The van der Waals surface area contributed by atoms with Gasteiger partial charge in [-0.3, -0.25) is 14.4 Å². The van der Waals surface area contributed by atoms with E-state index in [0.717, 1.165) is 23.3 Å². The first-order valence-corrected chi connectivity index (χ1v) is 10.6. The first-order valence-electron chi connectivity index (χ1n) is 9.76. The lowest BCUT2D eigenvalue weighted by molar-refractivity contribution is -0.126. The van der Waals surface area contributed by atoms with Crippen LogP contribution in [0.25, 0.3) is 0 Å². The summed E-state index contributed by atoms with van der Waals surface area (Å²) in [5.74, 6) is -0.637. The highest BCUT2D eigenvalue weighted by atomic mass is 32.1. The summed E-state index contributed by atoms with van der Waals surface area (Å²) in [5, 5.41) is 13.8. The third kappa shape index (κ3) is 5.38. The highest BCUT2D eigenvalue weighted by Gasteiger charge is 2.29. The summed E-state index contributed by atoms with van der Waals surface area (Å²) < 4.78 is 0. The van der Waals surface area contributed by atoms with E-state index >= 15 is 0 Å². The predicted octanol–water partition coefficient (Wildman–Crippen LogP) is 2.48. The molecule has 1 aliphatic heterocycles. The van der Waals surface area contributed by atoms with Gasteiger partial charge in [0.1, 0.15) is 0 Å². The van der Waals surface area contributed by atoms with Crippen LogP contribution in [0, 0.1) is 12.8 Å². The van der Waals surface area contributed by atoms with Crippen molar-refractivity contribution in [3.63, 3.8) is 0 Å². The van der Waals surface area contributed by atoms with E-state index in [1.807, 2.05) is 26.0 Å². The van der Waals surface area contributed by atoms with Crippen LogP contribution in [0.1, 0.15) is 51.4 Å². The Morgan fingerprint density at radius 3 is 2.41 bits per heavy atom. The molecule has 8 nitrogen and oxygen atoms in total. The summed E-state index contributed by atoms with van der Waals surface area (Å²) in [7, 11) is 0. The summed E-state index contributed by atoms with van der Waals surface area (Å²) in [4.78, 5) is 38.8. The summed E-state index contributed by atoms with van der Waals surface area (Å²) in [6.45, 7) is 5.64. The Hall–Kier alpha value is -2.81. The Morgan fingerprint density at radius 2 is 1.76 bits per heavy atom. The monoisotopic (exact) mass is 415 g/mol. The van der Waals surface area contributed by atoms with Gasteiger partial charge in [-0.25, -0.2) is 0 Å². The SMILES string of the molecule is CCCNC(=O)C1CCN(C(=O)c2nnc(C(=O)Nc3ccc(C)cc3)s2)CC1. The number of piperidine rings is 1. The molecule has 0 unspecified atom stereocenters. The lowest BCUT2D eigenvalue weighted by atomic mass is 9.96. The van der Waals surface area contributed by atoms with Gasteiger partial charge in [0.2, 0.25) is 15.9 Å². The van der Waals surface area contributed by atoms with Crippen LogP contribution in [-0.2, 0) is 4.79 Å². The van der Waals surface area contributed by atoms with Crippen LogP contribution >= 0.6 is 11.3 Å². The average Bonchev–Trinajstić information content (AvgIpc) is 3.23. The van der Waals surface area contributed by atoms with E-state index in [-0.39, 0.29) is 27.7 Å². The maximum absolute atomic E-state index is 12.7. The second-order valence-electron chi connectivity index (χ2n) is 7.09. The minimum absolute atomic E-state index is 0.0594. The molecule has 3 rings (SSSR count). The molecule has 3 amide bonds.